The maximum absolute atomic E-state index is 4.61. The number of thiophene rings is 2. The van der Waals surface area contributed by atoms with E-state index in [1.165, 1.54) is 0 Å². The predicted molar refractivity (Wildman–Crippen MR) is 125 cm³/mol. The summed E-state index contributed by atoms with van der Waals surface area (Å²) in [7, 11) is 0. The number of hydrogen-bond donors (Lipinski definition) is 0. The van der Waals surface area contributed by atoms with Crippen molar-refractivity contribution in [3.63, 3.8) is 0 Å². The number of nitrogens with zero attached hydrogens (tertiary/aromatic N) is 10. The molecule has 0 saturated carbocycles. The van der Waals surface area contributed by atoms with Crippen molar-refractivity contribution in [1.82, 2.24) is 39.9 Å². The standard InChI is InChI=1S/C20H14N10S2/c1-3-23-19-13(21-1)11-15(31-19)17(27-9-25-11)29-5-7-30(8-6-29)18-16-12(26-10-28-18)14-20(32-16)24-4-2-22-14/h1-4,9-10H,5-8H2. The summed E-state index contributed by atoms with van der Waals surface area (Å²) in [4.78, 5) is 42.4. The van der Waals surface area contributed by atoms with Crippen molar-refractivity contribution in [2.75, 3.05) is 36.0 Å². The molecular formula is C20H14N10S2. The summed E-state index contributed by atoms with van der Waals surface area (Å²) < 4.78 is 2.07. The molecule has 0 spiro atoms. The molecule has 1 aliphatic heterocycles. The van der Waals surface area contributed by atoms with Crippen LogP contribution in [-0.2, 0) is 0 Å². The van der Waals surface area contributed by atoms with Gasteiger partial charge in [0.2, 0.25) is 0 Å². The maximum atomic E-state index is 4.61. The Hall–Kier alpha value is -3.64. The second-order valence-corrected chi connectivity index (χ2v) is 9.35. The molecule has 0 atom stereocenters. The average Bonchev–Trinajstić information content (AvgIpc) is 3.42. The van der Waals surface area contributed by atoms with E-state index >= 15 is 0 Å². The van der Waals surface area contributed by atoms with E-state index < -0.39 is 0 Å². The molecule has 0 N–H and O–H groups in total. The zero-order valence-corrected chi connectivity index (χ0v) is 18.2. The number of piperazine rings is 1. The summed E-state index contributed by atoms with van der Waals surface area (Å²) in [5.41, 5.74) is 3.41. The fourth-order valence-electron chi connectivity index (χ4n) is 4.15. The molecule has 12 heteroatoms. The zero-order chi connectivity index (χ0) is 21.1. The van der Waals surface area contributed by atoms with Crippen molar-refractivity contribution in [3.8, 4) is 0 Å². The molecule has 7 rings (SSSR count). The first-order valence-corrected chi connectivity index (χ1v) is 11.7. The molecule has 0 aliphatic carbocycles. The van der Waals surface area contributed by atoms with E-state index in [4.69, 9.17) is 0 Å². The summed E-state index contributed by atoms with van der Waals surface area (Å²) in [6.07, 6.45) is 10.1. The van der Waals surface area contributed by atoms with Gasteiger partial charge in [-0.05, 0) is 0 Å². The van der Waals surface area contributed by atoms with Crippen LogP contribution in [-0.4, -0.2) is 66.1 Å². The zero-order valence-electron chi connectivity index (χ0n) is 16.6. The number of fused-ring (bicyclic) bond motifs is 6. The van der Waals surface area contributed by atoms with Gasteiger partial charge >= 0.3 is 0 Å². The lowest BCUT2D eigenvalue weighted by molar-refractivity contribution is 0.645. The molecule has 156 valence electrons. The molecule has 1 saturated heterocycles. The lowest BCUT2D eigenvalue weighted by Gasteiger charge is -2.36. The topological polar surface area (TPSA) is 110 Å². The predicted octanol–water partition coefficient (Wildman–Crippen LogP) is 2.91. The van der Waals surface area contributed by atoms with Crippen LogP contribution in [0.4, 0.5) is 11.6 Å². The number of hydrogen-bond acceptors (Lipinski definition) is 12. The Bertz CT molecular complexity index is 1500. The van der Waals surface area contributed by atoms with E-state index in [1.807, 2.05) is 0 Å². The van der Waals surface area contributed by atoms with E-state index in [-0.39, 0.29) is 0 Å². The van der Waals surface area contributed by atoms with Gasteiger partial charge in [-0.15, -0.1) is 22.7 Å². The van der Waals surface area contributed by atoms with Crippen molar-refractivity contribution in [1.29, 1.82) is 0 Å². The highest BCUT2D eigenvalue weighted by atomic mass is 32.1. The van der Waals surface area contributed by atoms with Crippen molar-refractivity contribution in [3.05, 3.63) is 37.4 Å². The van der Waals surface area contributed by atoms with Gasteiger partial charge in [0, 0.05) is 51.0 Å². The maximum Gasteiger partial charge on any atom is 0.150 e. The van der Waals surface area contributed by atoms with Gasteiger partial charge in [-0.2, -0.15) is 0 Å². The van der Waals surface area contributed by atoms with Crippen LogP contribution in [0.2, 0.25) is 0 Å². The number of aromatic nitrogens is 8. The Morgan fingerprint density at radius 3 is 1.41 bits per heavy atom. The Morgan fingerprint density at radius 1 is 0.500 bits per heavy atom. The van der Waals surface area contributed by atoms with E-state index in [0.29, 0.717) is 0 Å². The normalized spacial score (nSPS) is 14.9. The Balaban J connectivity index is 1.22. The van der Waals surface area contributed by atoms with Crippen molar-refractivity contribution >= 4 is 75.4 Å². The highest BCUT2D eigenvalue weighted by molar-refractivity contribution is 7.26. The fraction of sp³-hybridized carbons (Fsp3) is 0.200. The molecule has 6 aromatic heterocycles. The molecule has 6 aromatic rings. The van der Waals surface area contributed by atoms with Crippen LogP contribution in [0.3, 0.4) is 0 Å². The van der Waals surface area contributed by atoms with Crippen molar-refractivity contribution in [2.45, 2.75) is 0 Å². The van der Waals surface area contributed by atoms with Crippen LogP contribution in [0, 0.1) is 0 Å². The molecular weight excluding hydrogens is 444 g/mol. The minimum atomic E-state index is 0.827. The highest BCUT2D eigenvalue weighted by Crippen LogP contribution is 2.37. The number of rotatable bonds is 2. The second kappa shape index (κ2) is 6.93. The molecule has 0 unspecified atom stereocenters. The Labute approximate surface area is 188 Å². The minimum Gasteiger partial charge on any atom is -0.352 e. The van der Waals surface area contributed by atoms with Crippen LogP contribution in [0.1, 0.15) is 0 Å². The van der Waals surface area contributed by atoms with Crippen molar-refractivity contribution < 1.29 is 0 Å². The summed E-state index contributed by atoms with van der Waals surface area (Å²) in [6, 6.07) is 0. The SMILES string of the molecule is c1cnc2c(n1)sc1c(N3CCN(c4ncnc5c4sc4nccnc45)CC3)ncnc12. The molecule has 1 aliphatic rings. The molecule has 1 fully saturated rings. The third-order valence-corrected chi connectivity index (χ3v) is 7.77. The van der Waals surface area contributed by atoms with Gasteiger partial charge in [-0.1, -0.05) is 0 Å². The van der Waals surface area contributed by atoms with Gasteiger partial charge in [0.15, 0.2) is 0 Å². The van der Waals surface area contributed by atoms with E-state index in [9.17, 15) is 0 Å². The summed E-state index contributed by atoms with van der Waals surface area (Å²) >= 11 is 3.19. The minimum absolute atomic E-state index is 0.827. The molecule has 7 heterocycles. The van der Waals surface area contributed by atoms with Crippen LogP contribution in [0.5, 0.6) is 0 Å². The van der Waals surface area contributed by atoms with Crippen LogP contribution >= 0.6 is 22.7 Å². The quantitative estimate of drug-likeness (QED) is 0.384. The van der Waals surface area contributed by atoms with Crippen LogP contribution < -0.4 is 9.80 Å². The first-order valence-electron chi connectivity index (χ1n) is 10.0. The van der Waals surface area contributed by atoms with Gasteiger partial charge in [0.1, 0.15) is 56.0 Å². The summed E-state index contributed by atoms with van der Waals surface area (Å²) in [5, 5.41) is 0. The third-order valence-electron chi connectivity index (χ3n) is 5.62. The Kier molecular flexibility index (Phi) is 3.90. The van der Waals surface area contributed by atoms with Gasteiger partial charge in [-0.3, -0.25) is 0 Å². The molecule has 0 amide bonds. The van der Waals surface area contributed by atoms with Crippen molar-refractivity contribution in [2.24, 2.45) is 0 Å². The first kappa shape index (κ1) is 18.0. The number of anilines is 2. The molecule has 0 radical (unpaired) electrons. The lowest BCUT2D eigenvalue weighted by atomic mass is 10.3. The van der Waals surface area contributed by atoms with Gasteiger partial charge in [0.05, 0.1) is 9.40 Å². The van der Waals surface area contributed by atoms with Gasteiger partial charge in [0.25, 0.3) is 0 Å². The van der Waals surface area contributed by atoms with Crippen LogP contribution in [0.25, 0.3) is 41.1 Å². The highest BCUT2D eigenvalue weighted by Gasteiger charge is 2.25. The lowest BCUT2D eigenvalue weighted by Crippen LogP contribution is -2.47. The first-order chi connectivity index (χ1) is 15.9. The molecule has 10 nitrogen and oxygen atoms in total. The smallest absolute Gasteiger partial charge is 0.150 e. The van der Waals surface area contributed by atoms with E-state index in [1.54, 1.807) is 60.1 Å². The molecule has 32 heavy (non-hydrogen) atoms. The monoisotopic (exact) mass is 458 g/mol. The fourth-order valence-corrected chi connectivity index (χ4v) is 6.30. The molecule has 0 aromatic carbocycles. The average molecular weight is 459 g/mol. The van der Waals surface area contributed by atoms with Gasteiger partial charge in [-0.25, -0.2) is 39.9 Å². The Morgan fingerprint density at radius 2 is 0.938 bits per heavy atom. The largest absolute Gasteiger partial charge is 0.352 e. The van der Waals surface area contributed by atoms with E-state index in [0.717, 1.165) is 78.9 Å². The summed E-state index contributed by atoms with van der Waals surface area (Å²) in [5.74, 6) is 1.89. The molecule has 0 bridgehead atoms. The van der Waals surface area contributed by atoms with Gasteiger partial charge < -0.3 is 9.80 Å². The van der Waals surface area contributed by atoms with Crippen LogP contribution in [0.15, 0.2) is 37.4 Å². The second-order valence-electron chi connectivity index (χ2n) is 7.35. The summed E-state index contributed by atoms with van der Waals surface area (Å²) in [6.45, 7) is 3.31. The van der Waals surface area contributed by atoms with E-state index in [2.05, 4.69) is 49.7 Å². The third kappa shape index (κ3) is 2.63.